The number of aryl methyl sites for hydroxylation is 2. The lowest BCUT2D eigenvalue weighted by molar-refractivity contribution is 0.312. The Hall–Kier alpha value is -2.35. The normalized spacial score (nSPS) is 11.1. The van der Waals surface area contributed by atoms with E-state index in [0.717, 1.165) is 5.56 Å². The van der Waals surface area contributed by atoms with E-state index in [-0.39, 0.29) is 16.6 Å². The monoisotopic (exact) mass is 337 g/mol. The van der Waals surface area contributed by atoms with Crippen LogP contribution in [0.1, 0.15) is 18.1 Å². The van der Waals surface area contributed by atoms with E-state index in [4.69, 9.17) is 9.47 Å². The molecule has 124 valence electrons. The maximum Gasteiger partial charge on any atom is 0.316 e. The molecule has 0 atom stereocenters. The van der Waals surface area contributed by atoms with Gasteiger partial charge < -0.3 is 9.47 Å². The first-order valence-corrected chi connectivity index (χ1v) is 8.48. The van der Waals surface area contributed by atoms with Gasteiger partial charge in [0.1, 0.15) is 5.75 Å². The topological polar surface area (TPSA) is 90.4 Å². The van der Waals surface area contributed by atoms with Gasteiger partial charge in [0, 0.05) is 0 Å². The highest BCUT2D eigenvalue weighted by Crippen LogP contribution is 2.26. The first kappa shape index (κ1) is 17.0. The summed E-state index contributed by atoms with van der Waals surface area (Å²) in [5.74, 6) is 0.644. The third-order valence-corrected chi connectivity index (χ3v) is 4.66. The Bertz CT molecular complexity index is 789. The van der Waals surface area contributed by atoms with Crippen LogP contribution in [0.4, 0.5) is 5.69 Å². The van der Waals surface area contributed by atoms with Crippen LogP contribution in [0.25, 0.3) is 0 Å². The molecule has 1 N–H and O–H groups in total. The number of hydrogen-bond acceptors (Lipinski definition) is 6. The molecule has 0 bridgehead atoms. The van der Waals surface area contributed by atoms with Crippen LogP contribution in [0.5, 0.6) is 11.8 Å². The zero-order chi connectivity index (χ0) is 17.0. The van der Waals surface area contributed by atoms with E-state index >= 15 is 0 Å². The summed E-state index contributed by atoms with van der Waals surface area (Å²) >= 11 is 0. The molecule has 0 unspecified atom stereocenters. The van der Waals surface area contributed by atoms with Crippen molar-refractivity contribution in [1.82, 2.24) is 9.97 Å². The molecule has 2 aromatic rings. The molecule has 0 aliphatic rings. The molecule has 7 nitrogen and oxygen atoms in total. The predicted molar refractivity (Wildman–Crippen MR) is 86.5 cm³/mol. The molecule has 0 aliphatic heterocycles. The van der Waals surface area contributed by atoms with Crippen LogP contribution in [0.3, 0.4) is 0 Å². The van der Waals surface area contributed by atoms with Gasteiger partial charge in [0.2, 0.25) is 0 Å². The zero-order valence-corrected chi connectivity index (χ0v) is 14.3. The largest absolute Gasteiger partial charge is 0.496 e. The van der Waals surface area contributed by atoms with E-state index in [0.29, 0.717) is 17.9 Å². The zero-order valence-electron chi connectivity index (χ0n) is 13.5. The third kappa shape index (κ3) is 3.89. The van der Waals surface area contributed by atoms with Crippen molar-refractivity contribution in [3.63, 3.8) is 0 Å². The lowest BCUT2D eigenvalue weighted by Gasteiger charge is -2.13. The quantitative estimate of drug-likeness (QED) is 0.870. The van der Waals surface area contributed by atoms with Crippen LogP contribution < -0.4 is 14.2 Å². The van der Waals surface area contributed by atoms with Gasteiger partial charge >= 0.3 is 6.01 Å². The highest BCUT2D eigenvalue weighted by Gasteiger charge is 2.19. The van der Waals surface area contributed by atoms with Gasteiger partial charge in [-0.05, 0) is 44.0 Å². The number of sulfonamides is 1. The molecule has 0 saturated heterocycles. The number of anilines is 1. The Labute approximate surface area is 135 Å². The highest BCUT2D eigenvalue weighted by atomic mass is 32.2. The Balaban J connectivity index is 2.30. The van der Waals surface area contributed by atoms with E-state index in [1.54, 1.807) is 33.1 Å². The van der Waals surface area contributed by atoms with Crippen LogP contribution in [0, 0.1) is 13.8 Å². The van der Waals surface area contributed by atoms with Gasteiger partial charge in [-0.25, -0.2) is 18.4 Å². The van der Waals surface area contributed by atoms with Crippen LogP contribution >= 0.6 is 0 Å². The summed E-state index contributed by atoms with van der Waals surface area (Å²) < 4.78 is 37.9. The van der Waals surface area contributed by atoms with E-state index in [1.165, 1.54) is 12.4 Å². The lowest BCUT2D eigenvalue weighted by Crippen LogP contribution is -2.15. The van der Waals surface area contributed by atoms with Crippen LogP contribution in [-0.2, 0) is 10.0 Å². The number of benzene rings is 1. The number of aromatic nitrogens is 2. The van der Waals surface area contributed by atoms with Gasteiger partial charge in [0.25, 0.3) is 10.0 Å². The van der Waals surface area contributed by atoms with Gasteiger partial charge in [0.05, 0.1) is 36.7 Å². The van der Waals surface area contributed by atoms with Crippen molar-refractivity contribution in [2.24, 2.45) is 0 Å². The molecule has 0 radical (unpaired) electrons. The Morgan fingerprint density at radius 2 is 1.78 bits per heavy atom. The van der Waals surface area contributed by atoms with Gasteiger partial charge in [-0.2, -0.15) is 0 Å². The summed E-state index contributed by atoms with van der Waals surface area (Å²) in [6, 6.07) is 3.47. The molecular weight excluding hydrogens is 318 g/mol. The molecule has 1 aromatic heterocycles. The molecule has 23 heavy (non-hydrogen) atoms. The van der Waals surface area contributed by atoms with Gasteiger partial charge in [-0.3, -0.25) is 4.72 Å². The molecular formula is C15H19N3O4S. The number of rotatable bonds is 6. The molecule has 0 saturated carbocycles. The second-order valence-electron chi connectivity index (χ2n) is 4.88. The number of ether oxygens (including phenoxy) is 2. The van der Waals surface area contributed by atoms with E-state index in [1.807, 2.05) is 6.92 Å². The Morgan fingerprint density at radius 3 is 2.35 bits per heavy atom. The third-order valence-electron chi connectivity index (χ3n) is 3.14. The second kappa shape index (κ2) is 6.82. The van der Waals surface area contributed by atoms with Crippen molar-refractivity contribution in [3.8, 4) is 11.8 Å². The Kier molecular flexibility index (Phi) is 5.05. The fourth-order valence-electron chi connectivity index (χ4n) is 2.06. The van der Waals surface area contributed by atoms with Crippen molar-refractivity contribution in [3.05, 3.63) is 35.7 Å². The molecule has 1 heterocycles. The fourth-order valence-corrected chi connectivity index (χ4v) is 3.40. The summed E-state index contributed by atoms with van der Waals surface area (Å²) in [4.78, 5) is 8.05. The summed E-state index contributed by atoms with van der Waals surface area (Å²) in [5, 5.41) is 0. The predicted octanol–water partition coefficient (Wildman–Crippen LogP) is 2.30. The van der Waals surface area contributed by atoms with Crippen LogP contribution in [0.15, 0.2) is 29.4 Å². The molecule has 0 amide bonds. The lowest BCUT2D eigenvalue weighted by atomic mass is 10.1. The standard InChI is InChI=1S/C15H19N3O4S/c1-5-22-15-16-8-12(9-17-15)18-23(19,20)14-7-10(2)13(21-4)6-11(14)3/h6-9,18H,5H2,1-4H3. The fraction of sp³-hybridized carbons (Fsp3) is 0.333. The highest BCUT2D eigenvalue weighted by molar-refractivity contribution is 7.92. The number of nitrogens with zero attached hydrogens (tertiary/aromatic N) is 2. The number of hydrogen-bond donors (Lipinski definition) is 1. The van der Waals surface area contributed by atoms with E-state index < -0.39 is 10.0 Å². The molecule has 0 aliphatic carbocycles. The molecule has 8 heteroatoms. The van der Waals surface area contributed by atoms with Crippen molar-refractivity contribution < 1.29 is 17.9 Å². The van der Waals surface area contributed by atoms with Crippen LogP contribution in [-0.4, -0.2) is 32.1 Å². The van der Waals surface area contributed by atoms with Gasteiger partial charge in [-0.15, -0.1) is 0 Å². The van der Waals surface area contributed by atoms with Gasteiger partial charge in [-0.1, -0.05) is 0 Å². The minimum atomic E-state index is -3.74. The summed E-state index contributed by atoms with van der Waals surface area (Å²) in [5.41, 5.74) is 1.59. The van der Waals surface area contributed by atoms with E-state index in [2.05, 4.69) is 14.7 Å². The van der Waals surface area contributed by atoms with Gasteiger partial charge in [0.15, 0.2) is 0 Å². The minimum Gasteiger partial charge on any atom is -0.496 e. The number of nitrogens with one attached hydrogen (secondary N) is 1. The smallest absolute Gasteiger partial charge is 0.316 e. The average molecular weight is 337 g/mol. The maximum atomic E-state index is 12.5. The summed E-state index contributed by atoms with van der Waals surface area (Å²) in [7, 11) is -2.20. The molecule has 0 fully saturated rings. The van der Waals surface area contributed by atoms with E-state index in [9.17, 15) is 8.42 Å². The van der Waals surface area contributed by atoms with Crippen molar-refractivity contribution in [1.29, 1.82) is 0 Å². The number of methoxy groups -OCH3 is 1. The van der Waals surface area contributed by atoms with Crippen molar-refractivity contribution in [2.45, 2.75) is 25.7 Å². The first-order valence-electron chi connectivity index (χ1n) is 7.00. The molecule has 1 aromatic carbocycles. The van der Waals surface area contributed by atoms with Crippen molar-refractivity contribution in [2.75, 3.05) is 18.4 Å². The summed E-state index contributed by atoms with van der Waals surface area (Å²) in [6.07, 6.45) is 2.72. The summed E-state index contributed by atoms with van der Waals surface area (Å²) in [6.45, 7) is 5.76. The van der Waals surface area contributed by atoms with Crippen LogP contribution in [0.2, 0.25) is 0 Å². The Morgan fingerprint density at radius 1 is 1.13 bits per heavy atom. The SMILES string of the molecule is CCOc1ncc(NS(=O)(=O)c2cc(C)c(OC)cc2C)cn1. The second-order valence-corrected chi connectivity index (χ2v) is 6.53. The average Bonchev–Trinajstić information content (AvgIpc) is 2.51. The minimum absolute atomic E-state index is 0.185. The maximum absolute atomic E-state index is 12.5. The molecule has 0 spiro atoms. The first-order chi connectivity index (χ1) is 10.9. The molecule has 2 rings (SSSR count). The van der Waals surface area contributed by atoms with Crippen molar-refractivity contribution >= 4 is 15.7 Å².